The fraction of sp³-hybridized carbons (Fsp3) is 0.733. The van der Waals surface area contributed by atoms with Gasteiger partial charge in [-0.3, -0.25) is 0 Å². The van der Waals surface area contributed by atoms with E-state index in [0.717, 1.165) is 0 Å². The van der Waals surface area contributed by atoms with Crippen molar-refractivity contribution in [3.05, 3.63) is 24.6 Å². The molecule has 94 valence electrons. The normalized spacial score (nSPS) is 11.4. The Morgan fingerprint density at radius 3 is 1.62 bits per heavy atom. The van der Waals surface area contributed by atoms with Gasteiger partial charge in [0.25, 0.3) is 0 Å². The molecule has 0 unspecified atom stereocenters. The molecule has 0 aliphatic heterocycles. The number of unbranched alkanes of at least 4 members (excludes halogenated alkanes) is 5. The van der Waals surface area contributed by atoms with Crippen LogP contribution in [-0.4, -0.2) is 8.07 Å². The molecule has 0 spiro atoms. The molecule has 0 atom stereocenters. The van der Waals surface area contributed by atoms with Gasteiger partial charge in [0, 0.05) is 0 Å². The zero-order valence-corrected chi connectivity index (χ0v) is 12.4. The van der Waals surface area contributed by atoms with E-state index in [1.54, 1.807) is 0 Å². The molecule has 0 aromatic carbocycles. The molecule has 0 aromatic heterocycles. The maximum Gasteiger partial charge on any atom is 0.100 e. The number of hydrogen-bond donors (Lipinski definition) is 0. The predicted octanol–water partition coefficient (Wildman–Crippen LogP) is 5.66. The molecule has 0 amide bonds. The van der Waals surface area contributed by atoms with Crippen LogP contribution in [0, 0.1) is 0 Å². The molecule has 0 saturated heterocycles. The van der Waals surface area contributed by atoms with Crippen molar-refractivity contribution < 1.29 is 0 Å². The van der Waals surface area contributed by atoms with Crippen molar-refractivity contribution in [1.29, 1.82) is 0 Å². The Bertz CT molecular complexity index is 176. The van der Waals surface area contributed by atoms with Crippen molar-refractivity contribution in [2.45, 2.75) is 70.9 Å². The Morgan fingerprint density at radius 1 is 0.750 bits per heavy atom. The Hall–Kier alpha value is -0.303. The standard InChI is InChI=1S/C15H30Si/c1-5-9-11-13-15-16(7-3,8-4)14-12-10-6-2/h7-8H,3-6,9-15H2,1-2H3. The third kappa shape index (κ3) is 6.32. The van der Waals surface area contributed by atoms with Crippen molar-refractivity contribution in [2.75, 3.05) is 0 Å². The molecule has 0 aliphatic rings. The van der Waals surface area contributed by atoms with Gasteiger partial charge in [0.2, 0.25) is 0 Å². The summed E-state index contributed by atoms with van der Waals surface area (Å²) in [4.78, 5) is 0. The van der Waals surface area contributed by atoms with Crippen LogP contribution in [0.3, 0.4) is 0 Å². The Balaban J connectivity index is 4.00. The zero-order chi connectivity index (χ0) is 12.3. The monoisotopic (exact) mass is 238 g/mol. The highest BCUT2D eigenvalue weighted by molar-refractivity contribution is 6.88. The quantitative estimate of drug-likeness (QED) is 0.322. The fourth-order valence-electron chi connectivity index (χ4n) is 2.20. The lowest BCUT2D eigenvalue weighted by atomic mass is 10.2. The van der Waals surface area contributed by atoms with Crippen LogP contribution >= 0.6 is 0 Å². The lowest BCUT2D eigenvalue weighted by Gasteiger charge is -2.24. The molecule has 0 bridgehead atoms. The molecule has 0 heterocycles. The summed E-state index contributed by atoms with van der Waals surface area (Å²) in [6.45, 7) is 12.7. The van der Waals surface area contributed by atoms with Crippen LogP contribution in [0.4, 0.5) is 0 Å². The molecule has 0 N–H and O–H groups in total. The van der Waals surface area contributed by atoms with Crippen LogP contribution in [-0.2, 0) is 0 Å². The Kier molecular flexibility index (Phi) is 9.70. The van der Waals surface area contributed by atoms with E-state index in [2.05, 4.69) is 38.4 Å². The summed E-state index contributed by atoms with van der Waals surface area (Å²) < 4.78 is 0. The van der Waals surface area contributed by atoms with Crippen molar-refractivity contribution >= 4 is 8.07 Å². The van der Waals surface area contributed by atoms with Crippen LogP contribution < -0.4 is 0 Å². The van der Waals surface area contributed by atoms with E-state index >= 15 is 0 Å². The predicted molar refractivity (Wildman–Crippen MR) is 79.4 cm³/mol. The molecule has 0 aliphatic carbocycles. The Labute approximate surface area is 104 Å². The van der Waals surface area contributed by atoms with Crippen LogP contribution in [0.5, 0.6) is 0 Å². The SMILES string of the molecule is C=C[Si](C=C)(CCCCC)CCCCCC. The van der Waals surface area contributed by atoms with Gasteiger partial charge < -0.3 is 0 Å². The molecule has 0 rings (SSSR count). The first-order valence-electron chi connectivity index (χ1n) is 7.02. The first-order valence-corrected chi connectivity index (χ1v) is 9.58. The summed E-state index contributed by atoms with van der Waals surface area (Å²) in [5.41, 5.74) is 4.53. The molecule has 0 radical (unpaired) electrons. The van der Waals surface area contributed by atoms with Crippen molar-refractivity contribution in [3.63, 3.8) is 0 Å². The van der Waals surface area contributed by atoms with E-state index < -0.39 is 8.07 Å². The molecule has 0 fully saturated rings. The van der Waals surface area contributed by atoms with Gasteiger partial charge in [0.05, 0.1) is 0 Å². The van der Waals surface area contributed by atoms with Gasteiger partial charge in [0.15, 0.2) is 0 Å². The second kappa shape index (κ2) is 9.89. The van der Waals surface area contributed by atoms with E-state index in [4.69, 9.17) is 0 Å². The topological polar surface area (TPSA) is 0 Å². The van der Waals surface area contributed by atoms with Crippen LogP contribution in [0.15, 0.2) is 24.6 Å². The molecular formula is C15H30Si. The second-order valence-electron chi connectivity index (χ2n) is 4.91. The second-order valence-corrected chi connectivity index (χ2v) is 9.19. The van der Waals surface area contributed by atoms with Gasteiger partial charge in [0.1, 0.15) is 8.07 Å². The molecule has 0 aromatic rings. The average Bonchev–Trinajstić information content (AvgIpc) is 2.33. The largest absolute Gasteiger partial charge is 0.107 e. The van der Waals surface area contributed by atoms with E-state index in [1.165, 1.54) is 57.0 Å². The van der Waals surface area contributed by atoms with Gasteiger partial charge in [-0.05, 0) is 0 Å². The highest BCUT2D eigenvalue weighted by atomic mass is 28.3. The van der Waals surface area contributed by atoms with Crippen molar-refractivity contribution in [3.8, 4) is 0 Å². The van der Waals surface area contributed by atoms with Gasteiger partial charge in [-0.1, -0.05) is 82.3 Å². The van der Waals surface area contributed by atoms with Crippen molar-refractivity contribution in [2.24, 2.45) is 0 Å². The summed E-state index contributed by atoms with van der Waals surface area (Å²) in [7, 11) is -1.30. The van der Waals surface area contributed by atoms with E-state index in [9.17, 15) is 0 Å². The van der Waals surface area contributed by atoms with E-state index in [-0.39, 0.29) is 0 Å². The van der Waals surface area contributed by atoms with Gasteiger partial charge >= 0.3 is 0 Å². The van der Waals surface area contributed by atoms with Gasteiger partial charge in [-0.15, -0.1) is 13.2 Å². The van der Waals surface area contributed by atoms with Crippen LogP contribution in [0.25, 0.3) is 0 Å². The summed E-state index contributed by atoms with van der Waals surface area (Å²) in [5.74, 6) is 0. The fourth-order valence-corrected chi connectivity index (χ4v) is 5.25. The summed E-state index contributed by atoms with van der Waals surface area (Å²) in [6.07, 6.45) is 9.53. The molecular weight excluding hydrogens is 208 g/mol. The summed E-state index contributed by atoms with van der Waals surface area (Å²) >= 11 is 0. The number of rotatable bonds is 11. The maximum atomic E-state index is 4.07. The lowest BCUT2D eigenvalue weighted by molar-refractivity contribution is 0.694. The molecule has 0 saturated carbocycles. The zero-order valence-electron chi connectivity index (χ0n) is 11.4. The van der Waals surface area contributed by atoms with E-state index in [0.29, 0.717) is 0 Å². The minimum Gasteiger partial charge on any atom is -0.107 e. The molecule has 1 heteroatoms. The van der Waals surface area contributed by atoms with Gasteiger partial charge in [-0.2, -0.15) is 0 Å². The first kappa shape index (κ1) is 15.7. The summed E-state index contributed by atoms with van der Waals surface area (Å²) in [6, 6.07) is 2.75. The molecule has 0 nitrogen and oxygen atoms in total. The minimum absolute atomic E-state index is 1.30. The molecule has 16 heavy (non-hydrogen) atoms. The smallest absolute Gasteiger partial charge is 0.100 e. The third-order valence-corrected chi connectivity index (χ3v) is 7.75. The van der Waals surface area contributed by atoms with Crippen LogP contribution in [0.1, 0.15) is 58.8 Å². The minimum atomic E-state index is -1.30. The summed E-state index contributed by atoms with van der Waals surface area (Å²) in [5, 5.41) is 0. The third-order valence-electron chi connectivity index (χ3n) is 3.55. The van der Waals surface area contributed by atoms with Crippen LogP contribution in [0.2, 0.25) is 12.1 Å². The number of hydrogen-bond acceptors (Lipinski definition) is 0. The van der Waals surface area contributed by atoms with Crippen molar-refractivity contribution in [1.82, 2.24) is 0 Å². The lowest BCUT2D eigenvalue weighted by Crippen LogP contribution is -2.29. The highest BCUT2D eigenvalue weighted by Gasteiger charge is 2.24. The first-order chi connectivity index (χ1) is 7.74. The maximum absolute atomic E-state index is 4.07. The van der Waals surface area contributed by atoms with E-state index in [1.807, 2.05) is 0 Å². The average molecular weight is 238 g/mol. The van der Waals surface area contributed by atoms with Gasteiger partial charge in [-0.25, -0.2) is 0 Å². The Morgan fingerprint density at radius 2 is 1.19 bits per heavy atom. The highest BCUT2D eigenvalue weighted by Crippen LogP contribution is 2.24.